The Bertz CT molecular complexity index is 142. The highest BCUT2D eigenvalue weighted by Crippen LogP contribution is 2.07. The summed E-state index contributed by atoms with van der Waals surface area (Å²) in [6.07, 6.45) is 4.70. The summed E-state index contributed by atoms with van der Waals surface area (Å²) in [7, 11) is 0. The van der Waals surface area contributed by atoms with Crippen molar-refractivity contribution in [2.45, 2.75) is 32.6 Å². The highest BCUT2D eigenvalue weighted by Gasteiger charge is 2.00. The van der Waals surface area contributed by atoms with E-state index in [1.54, 1.807) is 11.8 Å². The van der Waals surface area contributed by atoms with Crippen molar-refractivity contribution in [2.24, 2.45) is 5.73 Å². The highest BCUT2D eigenvalue weighted by molar-refractivity contribution is 7.99. The fourth-order valence-corrected chi connectivity index (χ4v) is 1.86. The largest absolute Gasteiger partial charge is 0.465 e. The number of thioether (sulfide) groups is 1. The molecule has 0 amide bonds. The van der Waals surface area contributed by atoms with Gasteiger partial charge in [-0.1, -0.05) is 12.8 Å². The Balaban J connectivity index is 3.01. The second-order valence-corrected chi connectivity index (χ2v) is 4.17. The van der Waals surface area contributed by atoms with Crippen molar-refractivity contribution in [3.8, 4) is 0 Å². The number of hydrogen-bond acceptors (Lipinski definition) is 4. The lowest BCUT2D eigenvalue weighted by Gasteiger charge is -2.01. The number of esters is 1. The predicted molar refractivity (Wildman–Crippen MR) is 61.5 cm³/mol. The van der Waals surface area contributed by atoms with Crippen molar-refractivity contribution in [3.63, 3.8) is 0 Å². The summed E-state index contributed by atoms with van der Waals surface area (Å²) < 4.78 is 4.81. The van der Waals surface area contributed by atoms with E-state index in [4.69, 9.17) is 10.5 Å². The molecule has 3 nitrogen and oxygen atoms in total. The number of ether oxygens (including phenoxy) is 1. The third-order valence-electron chi connectivity index (χ3n) is 1.77. The van der Waals surface area contributed by atoms with Crippen molar-refractivity contribution in [3.05, 3.63) is 0 Å². The fourth-order valence-electron chi connectivity index (χ4n) is 1.06. The highest BCUT2D eigenvalue weighted by atomic mass is 32.2. The van der Waals surface area contributed by atoms with Gasteiger partial charge in [0.15, 0.2) is 0 Å². The Kier molecular flexibility index (Phi) is 10.7. The lowest BCUT2D eigenvalue weighted by molar-refractivity contribution is -0.139. The summed E-state index contributed by atoms with van der Waals surface area (Å²) in [4.78, 5) is 10.9. The third-order valence-corrected chi connectivity index (χ3v) is 2.79. The predicted octanol–water partition coefficient (Wildman–Crippen LogP) is 1.80. The molecule has 0 aliphatic rings. The Morgan fingerprint density at radius 2 is 2.00 bits per heavy atom. The maximum absolute atomic E-state index is 10.9. The molecule has 4 heteroatoms. The Hall–Kier alpha value is -0.220. The molecular weight excluding hydrogens is 198 g/mol. The van der Waals surface area contributed by atoms with Gasteiger partial charge in [-0.2, -0.15) is 11.8 Å². The van der Waals surface area contributed by atoms with Gasteiger partial charge in [0.2, 0.25) is 0 Å². The molecule has 0 aliphatic heterocycles. The Labute approximate surface area is 90.8 Å². The zero-order valence-electron chi connectivity index (χ0n) is 8.96. The number of hydrogen-bond donors (Lipinski definition) is 1. The smallest absolute Gasteiger partial charge is 0.315 e. The van der Waals surface area contributed by atoms with Crippen LogP contribution in [0.5, 0.6) is 0 Å². The lowest BCUT2D eigenvalue weighted by atomic mass is 10.2. The summed E-state index contributed by atoms with van der Waals surface area (Å²) in [5.74, 6) is 1.44. The molecular formula is C10H21NO2S. The van der Waals surface area contributed by atoms with E-state index in [1.165, 1.54) is 19.3 Å². The first kappa shape index (κ1) is 13.8. The normalized spacial score (nSPS) is 10.1. The average Bonchev–Trinajstić information content (AvgIpc) is 2.17. The molecule has 0 bridgehead atoms. The molecule has 2 N–H and O–H groups in total. The average molecular weight is 219 g/mol. The van der Waals surface area contributed by atoms with Crippen LogP contribution in [0.15, 0.2) is 0 Å². The molecule has 0 atom stereocenters. The molecule has 0 radical (unpaired) electrons. The summed E-state index contributed by atoms with van der Waals surface area (Å²) in [6.45, 7) is 3.10. The van der Waals surface area contributed by atoms with Gasteiger partial charge in [-0.3, -0.25) is 4.79 Å². The number of rotatable bonds is 9. The third kappa shape index (κ3) is 9.86. The van der Waals surface area contributed by atoms with E-state index < -0.39 is 0 Å². The minimum absolute atomic E-state index is 0.0977. The molecule has 0 aromatic rings. The van der Waals surface area contributed by atoms with E-state index in [0.29, 0.717) is 12.4 Å². The molecule has 0 fully saturated rings. The zero-order valence-corrected chi connectivity index (χ0v) is 9.78. The number of carbonyl (C=O) groups excluding carboxylic acids is 1. The van der Waals surface area contributed by atoms with E-state index in [-0.39, 0.29) is 5.97 Å². The molecule has 0 aromatic carbocycles. The van der Waals surface area contributed by atoms with Crippen molar-refractivity contribution in [2.75, 3.05) is 24.7 Å². The van der Waals surface area contributed by atoms with Crippen LogP contribution in [0.25, 0.3) is 0 Å². The molecule has 0 heterocycles. The Morgan fingerprint density at radius 3 is 2.64 bits per heavy atom. The van der Waals surface area contributed by atoms with Crippen molar-refractivity contribution in [1.82, 2.24) is 0 Å². The lowest BCUT2D eigenvalue weighted by Crippen LogP contribution is -2.07. The quantitative estimate of drug-likeness (QED) is 0.474. The first-order chi connectivity index (χ1) is 6.81. The van der Waals surface area contributed by atoms with E-state index in [9.17, 15) is 4.79 Å². The van der Waals surface area contributed by atoms with Gasteiger partial charge in [0.05, 0.1) is 12.4 Å². The van der Waals surface area contributed by atoms with Crippen LogP contribution in [0, 0.1) is 0 Å². The first-order valence-electron chi connectivity index (χ1n) is 5.24. The second kappa shape index (κ2) is 10.9. The van der Waals surface area contributed by atoms with Crippen LogP contribution in [0.2, 0.25) is 0 Å². The van der Waals surface area contributed by atoms with Gasteiger partial charge < -0.3 is 10.5 Å². The number of unbranched alkanes of at least 4 members (excludes halogenated alkanes) is 3. The summed E-state index contributed by atoms with van der Waals surface area (Å²) in [5, 5.41) is 0. The molecule has 0 saturated heterocycles. The summed E-state index contributed by atoms with van der Waals surface area (Å²) in [6, 6.07) is 0. The van der Waals surface area contributed by atoms with Crippen LogP contribution in [0.4, 0.5) is 0 Å². The van der Waals surface area contributed by atoms with Crippen LogP contribution in [0.3, 0.4) is 0 Å². The monoisotopic (exact) mass is 219 g/mol. The molecule has 0 aromatic heterocycles. The van der Waals surface area contributed by atoms with Crippen LogP contribution in [0.1, 0.15) is 32.6 Å². The van der Waals surface area contributed by atoms with Crippen LogP contribution in [-0.4, -0.2) is 30.6 Å². The minimum atomic E-state index is -0.0977. The molecule has 0 unspecified atom stereocenters. The van der Waals surface area contributed by atoms with Crippen LogP contribution < -0.4 is 5.73 Å². The van der Waals surface area contributed by atoms with Gasteiger partial charge in [-0.05, 0) is 32.1 Å². The van der Waals surface area contributed by atoms with Crippen molar-refractivity contribution >= 4 is 17.7 Å². The Morgan fingerprint density at radius 1 is 1.29 bits per heavy atom. The van der Waals surface area contributed by atoms with E-state index in [0.717, 1.165) is 18.7 Å². The molecule has 84 valence electrons. The molecule has 0 aliphatic carbocycles. The van der Waals surface area contributed by atoms with Crippen molar-refractivity contribution < 1.29 is 9.53 Å². The van der Waals surface area contributed by atoms with Gasteiger partial charge in [-0.15, -0.1) is 0 Å². The molecule has 14 heavy (non-hydrogen) atoms. The van der Waals surface area contributed by atoms with Gasteiger partial charge >= 0.3 is 5.97 Å². The van der Waals surface area contributed by atoms with Crippen LogP contribution >= 0.6 is 11.8 Å². The zero-order chi connectivity index (χ0) is 10.6. The van der Waals surface area contributed by atoms with Gasteiger partial charge in [0.25, 0.3) is 0 Å². The number of carbonyl (C=O) groups is 1. The molecule has 0 saturated carbocycles. The van der Waals surface area contributed by atoms with E-state index in [2.05, 4.69) is 0 Å². The maximum Gasteiger partial charge on any atom is 0.315 e. The van der Waals surface area contributed by atoms with Crippen LogP contribution in [-0.2, 0) is 9.53 Å². The SMILES string of the molecule is CCOC(=O)CSCCCCCCN. The fraction of sp³-hybridized carbons (Fsp3) is 0.900. The topological polar surface area (TPSA) is 52.3 Å². The minimum Gasteiger partial charge on any atom is -0.465 e. The van der Waals surface area contributed by atoms with E-state index in [1.807, 2.05) is 6.92 Å². The maximum atomic E-state index is 10.9. The van der Waals surface area contributed by atoms with Gasteiger partial charge in [-0.25, -0.2) is 0 Å². The first-order valence-corrected chi connectivity index (χ1v) is 6.40. The molecule has 0 spiro atoms. The molecule has 0 rings (SSSR count). The van der Waals surface area contributed by atoms with E-state index >= 15 is 0 Å². The van der Waals surface area contributed by atoms with Crippen molar-refractivity contribution in [1.29, 1.82) is 0 Å². The number of nitrogens with two attached hydrogens (primary N) is 1. The summed E-state index contributed by atoms with van der Waals surface area (Å²) >= 11 is 1.65. The van der Waals surface area contributed by atoms with Gasteiger partial charge in [0, 0.05) is 0 Å². The second-order valence-electron chi connectivity index (χ2n) is 3.06. The standard InChI is InChI=1S/C10H21NO2S/c1-2-13-10(12)9-14-8-6-4-3-5-7-11/h2-9,11H2,1H3. The van der Waals surface area contributed by atoms with Gasteiger partial charge in [0.1, 0.15) is 0 Å². The summed E-state index contributed by atoms with van der Waals surface area (Å²) in [5.41, 5.74) is 5.38.